The number of esters is 1. The molecule has 176 valence electrons. The number of nitrogens with zero attached hydrogens (tertiary/aromatic N) is 1. The van der Waals surface area contributed by atoms with Crippen LogP contribution in [0.15, 0.2) is 12.1 Å². The van der Waals surface area contributed by atoms with Crippen molar-refractivity contribution in [3.63, 3.8) is 0 Å². The molecular formula is C22H25ClF3NO5. The maximum Gasteiger partial charge on any atom is 0.403 e. The Balaban J connectivity index is 1.50. The van der Waals surface area contributed by atoms with Crippen LogP contribution in [0.5, 0.6) is 5.75 Å². The van der Waals surface area contributed by atoms with Gasteiger partial charge in [0.15, 0.2) is 0 Å². The first-order valence-electron chi connectivity index (χ1n) is 10.6. The largest absolute Gasteiger partial charge is 0.465 e. The smallest absolute Gasteiger partial charge is 0.403 e. The van der Waals surface area contributed by atoms with Gasteiger partial charge in [-0.15, -0.1) is 0 Å². The molecule has 1 aromatic carbocycles. The number of benzene rings is 1. The molecule has 6 nitrogen and oxygen atoms in total. The number of hydrogen-bond acceptors (Lipinski definition) is 5. The van der Waals surface area contributed by atoms with Gasteiger partial charge in [-0.05, 0) is 44.7 Å². The van der Waals surface area contributed by atoms with Gasteiger partial charge in [-0.3, -0.25) is 4.79 Å². The van der Waals surface area contributed by atoms with E-state index in [0.717, 1.165) is 0 Å². The molecule has 2 unspecified atom stereocenters. The Hall–Kier alpha value is -2.00. The topological polar surface area (TPSA) is 65.1 Å². The normalized spacial score (nSPS) is 27.3. The van der Waals surface area contributed by atoms with Gasteiger partial charge in [-0.1, -0.05) is 11.6 Å². The van der Waals surface area contributed by atoms with Crippen LogP contribution in [0.3, 0.4) is 0 Å². The summed E-state index contributed by atoms with van der Waals surface area (Å²) < 4.78 is 57.2. The summed E-state index contributed by atoms with van der Waals surface area (Å²) in [5, 5.41) is 0.308. The van der Waals surface area contributed by atoms with E-state index in [-0.39, 0.29) is 37.4 Å². The lowest BCUT2D eigenvalue weighted by molar-refractivity contribution is -0.251. The molecule has 1 amide bonds. The van der Waals surface area contributed by atoms with Gasteiger partial charge in [0.2, 0.25) is 11.7 Å². The number of alkyl halides is 3. The standard InChI is InChI=1S/C22H25ClF3NO5/c1-12-17-15(18(28)30-3)10-14(23)11-16(17)32-20(2,31-12)13-4-8-27(9-5-13)19(29)21(6-7-21)22(24,25)26/h10-13H,4-9H2,1-3H3. The summed E-state index contributed by atoms with van der Waals surface area (Å²) in [5.41, 5.74) is -1.41. The first-order chi connectivity index (χ1) is 14.9. The molecule has 2 heterocycles. The van der Waals surface area contributed by atoms with Gasteiger partial charge in [0.25, 0.3) is 0 Å². The van der Waals surface area contributed by atoms with E-state index < -0.39 is 35.4 Å². The van der Waals surface area contributed by atoms with Crippen molar-refractivity contribution in [1.29, 1.82) is 0 Å². The Morgan fingerprint density at radius 1 is 1.22 bits per heavy atom. The molecule has 2 atom stereocenters. The van der Waals surface area contributed by atoms with Crippen LogP contribution in [0, 0.1) is 11.3 Å². The van der Waals surface area contributed by atoms with Gasteiger partial charge >= 0.3 is 12.1 Å². The van der Waals surface area contributed by atoms with Gasteiger partial charge in [-0.2, -0.15) is 13.2 Å². The number of piperidine rings is 1. The number of hydrogen-bond donors (Lipinski definition) is 0. The van der Waals surface area contributed by atoms with Crippen LogP contribution in [0.1, 0.15) is 61.6 Å². The summed E-state index contributed by atoms with van der Waals surface area (Å²) in [6.07, 6.45) is -4.44. The predicted octanol–water partition coefficient (Wildman–Crippen LogP) is 4.89. The van der Waals surface area contributed by atoms with Crippen LogP contribution < -0.4 is 4.74 Å². The van der Waals surface area contributed by atoms with Crippen molar-refractivity contribution in [3.05, 3.63) is 28.3 Å². The Kier molecular flexibility index (Phi) is 5.65. The van der Waals surface area contributed by atoms with E-state index in [4.69, 9.17) is 25.8 Å². The van der Waals surface area contributed by atoms with Crippen molar-refractivity contribution >= 4 is 23.5 Å². The molecule has 2 fully saturated rings. The van der Waals surface area contributed by atoms with Gasteiger partial charge < -0.3 is 19.1 Å². The van der Waals surface area contributed by atoms with Crippen molar-refractivity contribution < 1.29 is 37.0 Å². The number of halogens is 4. The highest BCUT2D eigenvalue weighted by Gasteiger charge is 2.69. The van der Waals surface area contributed by atoms with E-state index in [1.54, 1.807) is 19.9 Å². The molecule has 0 bridgehead atoms. The van der Waals surface area contributed by atoms with Crippen LogP contribution >= 0.6 is 11.6 Å². The van der Waals surface area contributed by atoms with E-state index in [2.05, 4.69) is 0 Å². The van der Waals surface area contributed by atoms with E-state index >= 15 is 0 Å². The summed E-state index contributed by atoms with van der Waals surface area (Å²) in [4.78, 5) is 26.1. The summed E-state index contributed by atoms with van der Waals surface area (Å²) in [6, 6.07) is 3.11. The number of fused-ring (bicyclic) bond motifs is 1. The van der Waals surface area contributed by atoms with Crippen molar-refractivity contribution in [2.45, 2.75) is 57.6 Å². The summed E-state index contributed by atoms with van der Waals surface area (Å²) in [7, 11) is 1.27. The zero-order valence-corrected chi connectivity index (χ0v) is 18.8. The second-order valence-corrected chi connectivity index (χ2v) is 9.32. The average Bonchev–Trinajstić information content (AvgIpc) is 3.54. The third kappa shape index (κ3) is 3.73. The molecule has 2 aliphatic heterocycles. The lowest BCUT2D eigenvalue weighted by Gasteiger charge is -2.47. The molecule has 32 heavy (non-hydrogen) atoms. The number of amides is 1. The lowest BCUT2D eigenvalue weighted by Crippen LogP contribution is -2.53. The number of carbonyl (C=O) groups is 2. The second kappa shape index (κ2) is 7.80. The molecule has 1 aliphatic carbocycles. The second-order valence-electron chi connectivity index (χ2n) is 8.88. The monoisotopic (exact) mass is 475 g/mol. The third-order valence-electron chi connectivity index (χ3n) is 6.87. The highest BCUT2D eigenvalue weighted by molar-refractivity contribution is 6.31. The highest BCUT2D eigenvalue weighted by atomic mass is 35.5. The Morgan fingerprint density at radius 3 is 2.38 bits per heavy atom. The maximum atomic E-state index is 13.3. The van der Waals surface area contributed by atoms with Crippen molar-refractivity contribution in [1.82, 2.24) is 4.90 Å². The summed E-state index contributed by atoms with van der Waals surface area (Å²) in [6.45, 7) is 3.96. The molecular weight excluding hydrogens is 451 g/mol. The van der Waals surface area contributed by atoms with Crippen LogP contribution in [0.4, 0.5) is 13.2 Å². The first kappa shape index (κ1) is 23.2. The van der Waals surface area contributed by atoms with Gasteiger partial charge in [0.1, 0.15) is 11.2 Å². The minimum Gasteiger partial charge on any atom is -0.465 e. The molecule has 0 spiro atoms. The Morgan fingerprint density at radius 2 is 1.84 bits per heavy atom. The predicted molar refractivity (Wildman–Crippen MR) is 108 cm³/mol. The molecule has 10 heteroatoms. The zero-order chi connectivity index (χ0) is 23.5. The molecule has 0 aromatic heterocycles. The Labute approximate surface area is 188 Å². The molecule has 0 N–H and O–H groups in total. The van der Waals surface area contributed by atoms with E-state index in [0.29, 0.717) is 29.2 Å². The van der Waals surface area contributed by atoms with Crippen LogP contribution in [0.2, 0.25) is 5.02 Å². The van der Waals surface area contributed by atoms with E-state index in [1.807, 2.05) is 0 Å². The lowest BCUT2D eigenvalue weighted by atomic mass is 9.86. The number of carbonyl (C=O) groups excluding carboxylic acids is 2. The molecule has 1 saturated heterocycles. The van der Waals surface area contributed by atoms with Crippen molar-refractivity contribution in [2.75, 3.05) is 20.2 Å². The van der Waals surface area contributed by atoms with Crippen molar-refractivity contribution in [2.24, 2.45) is 11.3 Å². The SMILES string of the molecule is COC(=O)c1cc(Cl)cc2c1C(C)OC(C)(C1CCN(C(=O)C3(C(F)(F)F)CC3)CC1)O2. The van der Waals surface area contributed by atoms with Crippen LogP contribution in [0.25, 0.3) is 0 Å². The third-order valence-corrected chi connectivity index (χ3v) is 7.09. The van der Waals surface area contributed by atoms with Gasteiger partial charge in [0, 0.05) is 36.5 Å². The summed E-state index contributed by atoms with van der Waals surface area (Å²) >= 11 is 6.18. The van der Waals surface area contributed by atoms with Crippen molar-refractivity contribution in [3.8, 4) is 5.75 Å². The van der Waals surface area contributed by atoms with Crippen LogP contribution in [-0.4, -0.2) is 48.9 Å². The zero-order valence-electron chi connectivity index (χ0n) is 18.1. The fourth-order valence-corrected chi connectivity index (χ4v) is 5.07. The van der Waals surface area contributed by atoms with E-state index in [9.17, 15) is 22.8 Å². The number of ether oxygens (including phenoxy) is 3. The molecule has 1 saturated carbocycles. The summed E-state index contributed by atoms with van der Waals surface area (Å²) in [5.74, 6) is -2.22. The van der Waals surface area contributed by atoms with Crippen LogP contribution in [-0.2, 0) is 14.3 Å². The fourth-order valence-electron chi connectivity index (χ4n) is 4.86. The molecule has 0 radical (unpaired) electrons. The quantitative estimate of drug-likeness (QED) is 0.582. The fraction of sp³-hybridized carbons (Fsp3) is 0.636. The van der Waals surface area contributed by atoms with Gasteiger partial charge in [0.05, 0.1) is 18.8 Å². The highest BCUT2D eigenvalue weighted by Crippen LogP contribution is 2.59. The minimum atomic E-state index is -4.52. The number of methoxy groups -OCH3 is 1. The molecule has 3 aliphatic rings. The first-order valence-corrected chi connectivity index (χ1v) is 10.9. The minimum absolute atomic E-state index is 0.142. The average molecular weight is 476 g/mol. The molecule has 1 aromatic rings. The Bertz CT molecular complexity index is 940. The number of likely N-dealkylation sites (tertiary alicyclic amines) is 1. The maximum absolute atomic E-state index is 13.3. The van der Waals surface area contributed by atoms with Gasteiger partial charge in [-0.25, -0.2) is 4.79 Å². The number of rotatable bonds is 3. The van der Waals surface area contributed by atoms with E-state index in [1.165, 1.54) is 18.1 Å². The molecule has 4 rings (SSSR count).